The van der Waals surface area contributed by atoms with E-state index in [4.69, 9.17) is 4.74 Å². The largest absolute Gasteiger partial charge is 0.378 e. The van der Waals surface area contributed by atoms with Gasteiger partial charge >= 0.3 is 0 Å². The second kappa shape index (κ2) is 5.26. The minimum Gasteiger partial charge on any atom is -0.378 e. The maximum Gasteiger partial charge on any atom is 0.158 e. The third-order valence-electron chi connectivity index (χ3n) is 3.14. The molecule has 19 heavy (non-hydrogen) atoms. The number of aromatic nitrogens is 4. The van der Waals surface area contributed by atoms with Crippen molar-refractivity contribution in [3.63, 3.8) is 0 Å². The predicted octanol–water partition coefficient (Wildman–Crippen LogP) is 1.87. The van der Waals surface area contributed by atoms with Gasteiger partial charge in [-0.25, -0.2) is 4.98 Å². The molecular formula is C12H14BrN5O. The number of nitrogens with zero attached hydrogens (tertiary/aromatic N) is 3. The van der Waals surface area contributed by atoms with Gasteiger partial charge in [-0.05, 0) is 28.9 Å². The molecule has 1 saturated heterocycles. The van der Waals surface area contributed by atoms with E-state index >= 15 is 0 Å². The molecule has 7 heteroatoms. The molecule has 0 amide bonds. The molecule has 0 unspecified atom stereocenters. The van der Waals surface area contributed by atoms with Gasteiger partial charge < -0.3 is 10.1 Å². The summed E-state index contributed by atoms with van der Waals surface area (Å²) < 4.78 is 6.50. The number of aromatic amines is 1. The van der Waals surface area contributed by atoms with Crippen LogP contribution in [0.2, 0.25) is 0 Å². The maximum absolute atomic E-state index is 5.56. The van der Waals surface area contributed by atoms with E-state index in [1.807, 2.05) is 13.0 Å². The molecule has 0 spiro atoms. The summed E-state index contributed by atoms with van der Waals surface area (Å²) in [5.74, 6) is 1.79. The zero-order chi connectivity index (χ0) is 13.2. The lowest BCUT2D eigenvalue weighted by Crippen LogP contribution is -2.27. The van der Waals surface area contributed by atoms with E-state index in [-0.39, 0.29) is 12.0 Å². The monoisotopic (exact) mass is 323 g/mol. The van der Waals surface area contributed by atoms with E-state index in [1.165, 1.54) is 0 Å². The first-order valence-corrected chi connectivity index (χ1v) is 6.86. The van der Waals surface area contributed by atoms with Crippen molar-refractivity contribution in [1.82, 2.24) is 20.2 Å². The summed E-state index contributed by atoms with van der Waals surface area (Å²) in [6.45, 7) is 3.18. The molecule has 0 aliphatic carbocycles. The number of rotatable bonds is 3. The SMILES string of the molecule is Cc1nc([C@@H]2COC[C@@H]2Nc2ccncc2Br)n[nH]1. The molecule has 2 aromatic heterocycles. The first-order chi connectivity index (χ1) is 9.24. The number of anilines is 1. The second-order valence-electron chi connectivity index (χ2n) is 4.53. The molecule has 0 saturated carbocycles. The predicted molar refractivity (Wildman–Crippen MR) is 74.0 cm³/mol. The molecule has 2 N–H and O–H groups in total. The van der Waals surface area contributed by atoms with E-state index in [0.29, 0.717) is 13.2 Å². The zero-order valence-corrected chi connectivity index (χ0v) is 12.0. The van der Waals surface area contributed by atoms with E-state index in [2.05, 4.69) is 41.4 Å². The van der Waals surface area contributed by atoms with Gasteiger partial charge in [0.1, 0.15) is 5.82 Å². The van der Waals surface area contributed by atoms with Gasteiger partial charge in [0.05, 0.1) is 35.3 Å². The smallest absolute Gasteiger partial charge is 0.158 e. The van der Waals surface area contributed by atoms with Crippen LogP contribution in [0.5, 0.6) is 0 Å². The fourth-order valence-corrected chi connectivity index (χ4v) is 2.53. The fourth-order valence-electron chi connectivity index (χ4n) is 2.17. The van der Waals surface area contributed by atoms with Crippen molar-refractivity contribution in [2.75, 3.05) is 18.5 Å². The first-order valence-electron chi connectivity index (χ1n) is 6.07. The van der Waals surface area contributed by atoms with Crippen molar-refractivity contribution in [1.29, 1.82) is 0 Å². The zero-order valence-electron chi connectivity index (χ0n) is 10.4. The van der Waals surface area contributed by atoms with Crippen molar-refractivity contribution < 1.29 is 4.74 Å². The van der Waals surface area contributed by atoms with E-state index in [1.54, 1.807) is 12.4 Å². The van der Waals surface area contributed by atoms with Crippen LogP contribution >= 0.6 is 15.9 Å². The molecular weight excluding hydrogens is 310 g/mol. The number of nitrogens with one attached hydrogen (secondary N) is 2. The van der Waals surface area contributed by atoms with E-state index in [0.717, 1.165) is 21.8 Å². The first kappa shape index (κ1) is 12.6. The van der Waals surface area contributed by atoms with Gasteiger partial charge in [-0.3, -0.25) is 10.1 Å². The molecule has 3 rings (SSSR count). The van der Waals surface area contributed by atoms with Gasteiger partial charge in [0, 0.05) is 12.4 Å². The third kappa shape index (κ3) is 2.62. The normalized spacial score (nSPS) is 22.6. The molecule has 0 radical (unpaired) electrons. The molecule has 1 fully saturated rings. The lowest BCUT2D eigenvalue weighted by Gasteiger charge is -2.18. The van der Waals surface area contributed by atoms with Gasteiger partial charge in [-0.15, -0.1) is 0 Å². The summed E-state index contributed by atoms with van der Waals surface area (Å²) in [6.07, 6.45) is 3.53. The Hall–Kier alpha value is -1.47. The van der Waals surface area contributed by atoms with Crippen LogP contribution in [0.3, 0.4) is 0 Å². The minimum absolute atomic E-state index is 0.157. The molecule has 3 heterocycles. The summed E-state index contributed by atoms with van der Waals surface area (Å²) in [5.41, 5.74) is 1.00. The highest BCUT2D eigenvalue weighted by atomic mass is 79.9. The highest BCUT2D eigenvalue weighted by molar-refractivity contribution is 9.10. The van der Waals surface area contributed by atoms with Crippen molar-refractivity contribution in [3.8, 4) is 0 Å². The second-order valence-corrected chi connectivity index (χ2v) is 5.38. The molecule has 100 valence electrons. The number of hydrogen-bond acceptors (Lipinski definition) is 5. The minimum atomic E-state index is 0.157. The molecule has 1 aliphatic heterocycles. The molecule has 6 nitrogen and oxygen atoms in total. The Kier molecular flexibility index (Phi) is 3.48. The summed E-state index contributed by atoms with van der Waals surface area (Å²) in [6, 6.07) is 2.09. The average Bonchev–Trinajstić information content (AvgIpc) is 3.01. The van der Waals surface area contributed by atoms with Crippen LogP contribution < -0.4 is 5.32 Å². The van der Waals surface area contributed by atoms with Gasteiger partial charge in [0.25, 0.3) is 0 Å². The number of aryl methyl sites for hydroxylation is 1. The lowest BCUT2D eigenvalue weighted by atomic mass is 10.0. The Balaban J connectivity index is 1.79. The maximum atomic E-state index is 5.56. The lowest BCUT2D eigenvalue weighted by molar-refractivity contribution is 0.191. The van der Waals surface area contributed by atoms with Crippen molar-refractivity contribution in [2.45, 2.75) is 18.9 Å². The van der Waals surface area contributed by atoms with Gasteiger partial charge in [-0.2, -0.15) is 5.10 Å². The molecule has 0 aromatic carbocycles. The third-order valence-corrected chi connectivity index (χ3v) is 3.77. The molecule has 2 atom stereocenters. The van der Waals surface area contributed by atoms with E-state index < -0.39 is 0 Å². The van der Waals surface area contributed by atoms with Gasteiger partial charge in [-0.1, -0.05) is 0 Å². The summed E-state index contributed by atoms with van der Waals surface area (Å²) in [7, 11) is 0. The Morgan fingerprint density at radius 2 is 2.37 bits per heavy atom. The highest BCUT2D eigenvalue weighted by Crippen LogP contribution is 2.28. The molecule has 0 bridgehead atoms. The van der Waals surface area contributed by atoms with Crippen LogP contribution in [0.15, 0.2) is 22.9 Å². The highest BCUT2D eigenvalue weighted by Gasteiger charge is 2.32. The number of ether oxygens (including phenoxy) is 1. The van der Waals surface area contributed by atoms with Crippen LogP contribution in [0.4, 0.5) is 5.69 Å². The summed E-state index contributed by atoms with van der Waals surface area (Å²) >= 11 is 3.48. The number of H-pyrrole nitrogens is 1. The number of halogens is 1. The van der Waals surface area contributed by atoms with E-state index in [9.17, 15) is 0 Å². The Morgan fingerprint density at radius 3 is 3.11 bits per heavy atom. The van der Waals surface area contributed by atoms with Gasteiger partial charge in [0.2, 0.25) is 0 Å². The topological polar surface area (TPSA) is 75.7 Å². The summed E-state index contributed by atoms with van der Waals surface area (Å²) in [4.78, 5) is 8.45. The number of pyridine rings is 1. The molecule has 1 aliphatic rings. The van der Waals surface area contributed by atoms with Crippen LogP contribution in [-0.4, -0.2) is 39.4 Å². The Bertz CT molecular complexity index is 573. The Labute approximate surface area is 119 Å². The van der Waals surface area contributed by atoms with Crippen LogP contribution in [-0.2, 0) is 4.74 Å². The standard InChI is InChI=1S/C12H14BrN5O/c1-7-15-12(18-17-7)8-5-19-6-11(8)16-10-2-3-14-4-9(10)13/h2-4,8,11H,5-6H2,1H3,(H,14,16)(H,15,17,18)/t8-,11+/m1/s1. The average molecular weight is 324 g/mol. The molecule has 2 aromatic rings. The van der Waals surface area contributed by atoms with Crippen molar-refractivity contribution in [2.24, 2.45) is 0 Å². The van der Waals surface area contributed by atoms with Crippen LogP contribution in [0.25, 0.3) is 0 Å². The van der Waals surface area contributed by atoms with Crippen LogP contribution in [0, 0.1) is 6.92 Å². The van der Waals surface area contributed by atoms with Crippen molar-refractivity contribution in [3.05, 3.63) is 34.6 Å². The number of hydrogen-bond donors (Lipinski definition) is 2. The summed E-state index contributed by atoms with van der Waals surface area (Å²) in [5, 5.41) is 10.6. The van der Waals surface area contributed by atoms with Crippen LogP contribution in [0.1, 0.15) is 17.6 Å². The quantitative estimate of drug-likeness (QED) is 0.901. The van der Waals surface area contributed by atoms with Crippen molar-refractivity contribution >= 4 is 21.6 Å². The van der Waals surface area contributed by atoms with Gasteiger partial charge in [0.15, 0.2) is 5.82 Å². The fraction of sp³-hybridized carbons (Fsp3) is 0.417. The Morgan fingerprint density at radius 1 is 1.47 bits per heavy atom.